The average molecular weight is 543 g/mol. The Balaban J connectivity index is 1.79. The Morgan fingerprint density at radius 2 is 1.76 bits per heavy atom. The van der Waals surface area contributed by atoms with Crippen LogP contribution in [0, 0.1) is 5.92 Å². The molecule has 34 heavy (non-hydrogen) atoms. The molecule has 3 rings (SSSR count). The van der Waals surface area contributed by atoms with Crippen LogP contribution in [0.4, 0.5) is 0 Å². The molecule has 7 nitrogen and oxygen atoms in total. The Morgan fingerprint density at radius 1 is 1.12 bits per heavy atom. The largest absolute Gasteiger partial charge is 0.497 e. The molecule has 0 spiro atoms. The molecule has 3 aromatic rings. The molecule has 1 heterocycles. The van der Waals surface area contributed by atoms with Gasteiger partial charge in [0, 0.05) is 22.1 Å². The molecule has 1 amide bonds. The van der Waals surface area contributed by atoms with Gasteiger partial charge in [-0.2, -0.15) is 0 Å². The quantitative estimate of drug-likeness (QED) is 0.200. The molecule has 0 saturated carbocycles. The van der Waals surface area contributed by atoms with E-state index in [0.717, 1.165) is 4.47 Å². The molecule has 0 aliphatic carbocycles. The first-order chi connectivity index (χ1) is 16.3. The van der Waals surface area contributed by atoms with Gasteiger partial charge in [-0.05, 0) is 42.3 Å². The van der Waals surface area contributed by atoms with Gasteiger partial charge in [0.2, 0.25) is 0 Å². The lowest BCUT2D eigenvalue weighted by atomic mass is 10.0. The van der Waals surface area contributed by atoms with Gasteiger partial charge in [0.25, 0.3) is 5.91 Å². The van der Waals surface area contributed by atoms with E-state index in [0.29, 0.717) is 34.4 Å². The summed E-state index contributed by atoms with van der Waals surface area (Å²) in [6.07, 6.45) is 1.75. The van der Waals surface area contributed by atoms with Crippen LogP contribution in [0.5, 0.6) is 5.75 Å². The summed E-state index contributed by atoms with van der Waals surface area (Å²) < 4.78 is 7.98. The minimum atomic E-state index is -0.376. The third kappa shape index (κ3) is 6.36. The standard InChI is InChI=1S/C25H27BrN4O3S/c1-5-14-30-23(22(16(2)3)27-24(32)18-8-12-20(33-4)13-9-18)28-29-25(30)34-15-21(31)17-6-10-19(26)11-7-17/h5-13,16,22H,1,14-15H2,2-4H3,(H,27,32). The fourth-order valence-corrected chi connectivity index (χ4v) is 4.40. The van der Waals surface area contributed by atoms with Crippen LogP contribution < -0.4 is 10.1 Å². The molecule has 0 saturated heterocycles. The lowest BCUT2D eigenvalue weighted by molar-refractivity contribution is 0.0921. The number of ketones is 1. The molecule has 0 aliphatic heterocycles. The molecule has 1 atom stereocenters. The summed E-state index contributed by atoms with van der Waals surface area (Å²) in [7, 11) is 1.58. The normalized spacial score (nSPS) is 11.8. The minimum absolute atomic E-state index is 0.000390. The second-order valence-corrected chi connectivity index (χ2v) is 9.74. The molecule has 0 aliphatic rings. The number of hydrogen-bond donors (Lipinski definition) is 1. The van der Waals surface area contributed by atoms with E-state index in [1.165, 1.54) is 11.8 Å². The van der Waals surface area contributed by atoms with Gasteiger partial charge in [0.05, 0.1) is 18.9 Å². The number of rotatable bonds is 11. The van der Waals surface area contributed by atoms with Crippen molar-refractivity contribution >= 4 is 39.4 Å². The molecule has 0 radical (unpaired) electrons. The van der Waals surface area contributed by atoms with E-state index in [-0.39, 0.29) is 29.4 Å². The number of nitrogens with zero attached hydrogens (tertiary/aromatic N) is 3. The van der Waals surface area contributed by atoms with Crippen molar-refractivity contribution < 1.29 is 14.3 Å². The summed E-state index contributed by atoms with van der Waals surface area (Å²) in [5.41, 5.74) is 1.16. The molecule has 0 fully saturated rings. The maximum absolute atomic E-state index is 12.9. The zero-order valence-corrected chi connectivity index (χ0v) is 21.7. The number of ether oxygens (including phenoxy) is 1. The number of benzene rings is 2. The summed E-state index contributed by atoms with van der Waals surface area (Å²) in [4.78, 5) is 25.5. The Labute approximate surface area is 212 Å². The highest BCUT2D eigenvalue weighted by molar-refractivity contribution is 9.10. The summed E-state index contributed by atoms with van der Waals surface area (Å²) in [6.45, 7) is 8.32. The van der Waals surface area contributed by atoms with Crippen LogP contribution in [0.2, 0.25) is 0 Å². The van der Waals surface area contributed by atoms with Crippen molar-refractivity contribution in [1.29, 1.82) is 0 Å². The van der Waals surface area contributed by atoms with Gasteiger partial charge in [0.1, 0.15) is 5.75 Å². The third-order valence-corrected chi connectivity index (χ3v) is 6.63. The summed E-state index contributed by atoms with van der Waals surface area (Å²) in [6, 6.07) is 13.8. The van der Waals surface area contributed by atoms with Crippen molar-refractivity contribution in [3.05, 3.63) is 82.6 Å². The summed E-state index contributed by atoms with van der Waals surface area (Å²) >= 11 is 4.70. The van der Waals surface area contributed by atoms with Crippen molar-refractivity contribution in [3.8, 4) is 5.75 Å². The fraction of sp³-hybridized carbons (Fsp3) is 0.280. The molecule has 0 bridgehead atoms. The van der Waals surface area contributed by atoms with E-state index in [1.54, 1.807) is 49.6 Å². The van der Waals surface area contributed by atoms with Gasteiger partial charge in [-0.1, -0.05) is 59.7 Å². The lowest BCUT2D eigenvalue weighted by Gasteiger charge is -2.22. The maximum atomic E-state index is 12.9. The monoisotopic (exact) mass is 542 g/mol. The van der Waals surface area contributed by atoms with Crippen LogP contribution in [0.25, 0.3) is 0 Å². The second kappa shape index (κ2) is 12.0. The van der Waals surface area contributed by atoms with E-state index in [2.05, 4.69) is 38.0 Å². The van der Waals surface area contributed by atoms with Gasteiger partial charge in [0.15, 0.2) is 16.8 Å². The highest BCUT2D eigenvalue weighted by Gasteiger charge is 2.26. The Hall–Kier alpha value is -2.91. The van der Waals surface area contributed by atoms with Crippen LogP contribution in [0.1, 0.15) is 46.4 Å². The first kappa shape index (κ1) is 25.7. The van der Waals surface area contributed by atoms with Crippen molar-refractivity contribution in [3.63, 3.8) is 0 Å². The Kier molecular flexibility index (Phi) is 9.06. The maximum Gasteiger partial charge on any atom is 0.251 e. The van der Waals surface area contributed by atoms with E-state index >= 15 is 0 Å². The molecule has 1 aromatic heterocycles. The predicted octanol–water partition coefficient (Wildman–Crippen LogP) is 5.34. The van der Waals surface area contributed by atoms with Crippen LogP contribution >= 0.6 is 27.7 Å². The molecule has 178 valence electrons. The lowest BCUT2D eigenvalue weighted by Crippen LogP contribution is -2.33. The number of allylic oxidation sites excluding steroid dienone is 1. The number of methoxy groups -OCH3 is 1. The van der Waals surface area contributed by atoms with Crippen molar-refractivity contribution in [2.75, 3.05) is 12.9 Å². The van der Waals surface area contributed by atoms with Crippen LogP contribution in [-0.2, 0) is 6.54 Å². The van der Waals surface area contributed by atoms with E-state index in [1.807, 2.05) is 30.5 Å². The van der Waals surface area contributed by atoms with Gasteiger partial charge < -0.3 is 14.6 Å². The van der Waals surface area contributed by atoms with Crippen LogP contribution in [0.15, 0.2) is 70.8 Å². The molecule has 9 heteroatoms. The Bertz CT molecular complexity index is 1140. The number of aromatic nitrogens is 3. The van der Waals surface area contributed by atoms with Gasteiger partial charge >= 0.3 is 0 Å². The average Bonchev–Trinajstić information content (AvgIpc) is 3.23. The molecule has 2 aromatic carbocycles. The summed E-state index contributed by atoms with van der Waals surface area (Å²) in [5, 5.41) is 12.4. The summed E-state index contributed by atoms with van der Waals surface area (Å²) in [5.74, 6) is 1.37. The number of Topliss-reactive ketones (excluding diaryl/α,β-unsaturated/α-hetero) is 1. The third-order valence-electron chi connectivity index (χ3n) is 5.14. The SMILES string of the molecule is C=CCn1c(SCC(=O)c2ccc(Br)cc2)nnc1C(NC(=O)c1ccc(OC)cc1)C(C)C. The first-order valence-corrected chi connectivity index (χ1v) is 12.5. The number of nitrogens with one attached hydrogen (secondary N) is 1. The van der Waals surface area contributed by atoms with E-state index < -0.39 is 0 Å². The number of thioether (sulfide) groups is 1. The molecule has 1 N–H and O–H groups in total. The van der Waals surface area contributed by atoms with Crippen molar-refractivity contribution in [2.45, 2.75) is 31.6 Å². The highest BCUT2D eigenvalue weighted by Crippen LogP contribution is 2.26. The van der Waals surface area contributed by atoms with Gasteiger partial charge in [-0.25, -0.2) is 0 Å². The minimum Gasteiger partial charge on any atom is -0.497 e. The number of halogens is 1. The van der Waals surface area contributed by atoms with Crippen molar-refractivity contribution in [2.24, 2.45) is 5.92 Å². The van der Waals surface area contributed by atoms with E-state index in [9.17, 15) is 9.59 Å². The van der Waals surface area contributed by atoms with Gasteiger partial charge in [-0.15, -0.1) is 16.8 Å². The molecular weight excluding hydrogens is 516 g/mol. The van der Waals surface area contributed by atoms with E-state index in [4.69, 9.17) is 4.74 Å². The first-order valence-electron chi connectivity index (χ1n) is 10.7. The van der Waals surface area contributed by atoms with Crippen molar-refractivity contribution in [1.82, 2.24) is 20.1 Å². The zero-order valence-electron chi connectivity index (χ0n) is 19.3. The number of carbonyl (C=O) groups excluding carboxylic acids is 2. The number of hydrogen-bond acceptors (Lipinski definition) is 6. The second-order valence-electron chi connectivity index (χ2n) is 7.88. The number of amides is 1. The topological polar surface area (TPSA) is 86.1 Å². The highest BCUT2D eigenvalue weighted by atomic mass is 79.9. The molecular formula is C25H27BrN4O3S. The number of carbonyl (C=O) groups is 2. The van der Waals surface area contributed by atoms with Crippen LogP contribution in [0.3, 0.4) is 0 Å². The zero-order chi connectivity index (χ0) is 24.7. The predicted molar refractivity (Wildman–Crippen MR) is 137 cm³/mol. The smallest absolute Gasteiger partial charge is 0.251 e. The fourth-order valence-electron chi connectivity index (χ4n) is 3.28. The Morgan fingerprint density at radius 3 is 2.35 bits per heavy atom. The van der Waals surface area contributed by atoms with Gasteiger partial charge in [-0.3, -0.25) is 9.59 Å². The van der Waals surface area contributed by atoms with Crippen LogP contribution in [-0.4, -0.2) is 39.3 Å². The molecule has 1 unspecified atom stereocenters.